The van der Waals surface area contributed by atoms with Crippen molar-refractivity contribution in [2.75, 3.05) is 32.7 Å². The van der Waals surface area contributed by atoms with Crippen LogP contribution in [0.2, 0.25) is 0 Å². The molecule has 0 radical (unpaired) electrons. The highest BCUT2D eigenvalue weighted by Crippen LogP contribution is 2.22. The summed E-state index contributed by atoms with van der Waals surface area (Å²) < 4.78 is 0. The van der Waals surface area contributed by atoms with Crippen LogP contribution in [0.1, 0.15) is 38.8 Å². The van der Waals surface area contributed by atoms with Crippen LogP contribution >= 0.6 is 0 Å². The van der Waals surface area contributed by atoms with Crippen LogP contribution in [0.3, 0.4) is 0 Å². The fraction of sp³-hybridized carbons (Fsp3) is 0.526. The zero-order valence-electron chi connectivity index (χ0n) is 14.3. The minimum Gasteiger partial charge on any atom is -0.337 e. The van der Waals surface area contributed by atoms with Crippen LogP contribution in [0.25, 0.3) is 6.08 Å². The fourth-order valence-electron chi connectivity index (χ4n) is 2.65. The lowest BCUT2D eigenvalue weighted by molar-refractivity contribution is -0.127. The van der Waals surface area contributed by atoms with Gasteiger partial charge in [-0.05, 0) is 29.2 Å². The van der Waals surface area contributed by atoms with Crippen molar-refractivity contribution in [3.8, 4) is 0 Å². The lowest BCUT2D eigenvalue weighted by Gasteiger charge is -2.33. The van der Waals surface area contributed by atoms with Gasteiger partial charge < -0.3 is 9.80 Å². The minimum absolute atomic E-state index is 0.121. The summed E-state index contributed by atoms with van der Waals surface area (Å²) in [5.74, 6) is 0.121. The Labute approximate surface area is 134 Å². The first kappa shape index (κ1) is 16.8. The Hall–Kier alpha value is -1.61. The summed E-state index contributed by atoms with van der Waals surface area (Å²) in [6.07, 6.45) is 3.62. The SMILES string of the molecule is CCN1CCN(C(=O)C=Cc2ccc(C(C)(C)C)cc2)CC1. The van der Waals surface area contributed by atoms with E-state index in [9.17, 15) is 4.79 Å². The Morgan fingerprint density at radius 2 is 1.68 bits per heavy atom. The average Bonchev–Trinajstić information content (AvgIpc) is 2.52. The zero-order chi connectivity index (χ0) is 16.2. The summed E-state index contributed by atoms with van der Waals surface area (Å²) >= 11 is 0. The lowest BCUT2D eigenvalue weighted by atomic mass is 9.87. The molecular weight excluding hydrogens is 272 g/mol. The van der Waals surface area contributed by atoms with Gasteiger partial charge in [0.1, 0.15) is 0 Å². The predicted molar refractivity (Wildman–Crippen MR) is 92.9 cm³/mol. The van der Waals surface area contributed by atoms with Crippen molar-refractivity contribution in [3.05, 3.63) is 41.5 Å². The monoisotopic (exact) mass is 300 g/mol. The predicted octanol–water partition coefficient (Wildman–Crippen LogP) is 3.16. The van der Waals surface area contributed by atoms with Gasteiger partial charge in [-0.25, -0.2) is 0 Å². The summed E-state index contributed by atoms with van der Waals surface area (Å²) in [6, 6.07) is 8.45. The largest absolute Gasteiger partial charge is 0.337 e. The van der Waals surface area contributed by atoms with E-state index in [4.69, 9.17) is 0 Å². The van der Waals surface area contributed by atoms with Gasteiger partial charge >= 0.3 is 0 Å². The molecule has 0 atom stereocenters. The summed E-state index contributed by atoms with van der Waals surface area (Å²) in [5.41, 5.74) is 2.55. The summed E-state index contributed by atoms with van der Waals surface area (Å²) in [5, 5.41) is 0. The van der Waals surface area contributed by atoms with E-state index in [1.807, 2.05) is 11.0 Å². The number of benzene rings is 1. The molecule has 120 valence electrons. The number of rotatable bonds is 3. The first-order chi connectivity index (χ1) is 10.4. The van der Waals surface area contributed by atoms with Gasteiger partial charge in [-0.15, -0.1) is 0 Å². The molecule has 0 saturated carbocycles. The van der Waals surface area contributed by atoms with Gasteiger partial charge in [-0.3, -0.25) is 4.79 Å². The standard InChI is InChI=1S/C19H28N2O/c1-5-20-12-14-21(15-13-20)18(22)11-8-16-6-9-17(10-7-16)19(2,3)4/h6-11H,5,12-15H2,1-4H3. The third-order valence-corrected chi connectivity index (χ3v) is 4.33. The molecule has 3 heteroatoms. The number of hydrogen-bond acceptors (Lipinski definition) is 2. The van der Waals surface area contributed by atoms with E-state index >= 15 is 0 Å². The van der Waals surface area contributed by atoms with Crippen LogP contribution in [0, 0.1) is 0 Å². The Morgan fingerprint density at radius 3 is 2.18 bits per heavy atom. The minimum atomic E-state index is 0.121. The zero-order valence-corrected chi connectivity index (χ0v) is 14.3. The van der Waals surface area contributed by atoms with E-state index in [0.717, 1.165) is 38.3 Å². The average molecular weight is 300 g/mol. The molecule has 0 N–H and O–H groups in total. The molecular formula is C19H28N2O. The van der Waals surface area contributed by atoms with Gasteiger partial charge in [0.25, 0.3) is 0 Å². The van der Waals surface area contributed by atoms with Gasteiger partial charge in [0, 0.05) is 32.3 Å². The molecule has 1 fully saturated rings. The van der Waals surface area contributed by atoms with Crippen LogP contribution in [0.15, 0.2) is 30.3 Å². The molecule has 0 aromatic heterocycles. The normalized spacial score (nSPS) is 17.2. The second-order valence-corrected chi connectivity index (χ2v) is 6.96. The molecule has 1 aromatic carbocycles. The number of carbonyl (C=O) groups excluding carboxylic acids is 1. The van der Waals surface area contributed by atoms with E-state index in [1.54, 1.807) is 6.08 Å². The lowest BCUT2D eigenvalue weighted by Crippen LogP contribution is -2.48. The highest BCUT2D eigenvalue weighted by atomic mass is 16.2. The van der Waals surface area contributed by atoms with E-state index in [-0.39, 0.29) is 11.3 Å². The number of likely N-dealkylation sites (N-methyl/N-ethyl adjacent to an activating group) is 1. The Morgan fingerprint density at radius 1 is 1.09 bits per heavy atom. The quantitative estimate of drug-likeness (QED) is 0.801. The van der Waals surface area contributed by atoms with Crippen molar-refractivity contribution >= 4 is 12.0 Å². The van der Waals surface area contributed by atoms with E-state index in [0.29, 0.717) is 0 Å². The van der Waals surface area contributed by atoms with Gasteiger partial charge in [-0.1, -0.05) is 52.0 Å². The third kappa shape index (κ3) is 4.44. The van der Waals surface area contributed by atoms with Crippen molar-refractivity contribution < 1.29 is 4.79 Å². The number of piperazine rings is 1. The van der Waals surface area contributed by atoms with Crippen LogP contribution < -0.4 is 0 Å². The summed E-state index contributed by atoms with van der Waals surface area (Å²) in [7, 11) is 0. The second kappa shape index (κ2) is 7.10. The molecule has 1 aliphatic heterocycles. The number of amides is 1. The molecule has 0 unspecified atom stereocenters. The van der Waals surface area contributed by atoms with Crippen LogP contribution in [0.4, 0.5) is 0 Å². The Kier molecular flexibility index (Phi) is 5.41. The van der Waals surface area contributed by atoms with E-state index < -0.39 is 0 Å². The Balaban J connectivity index is 1.93. The van der Waals surface area contributed by atoms with Gasteiger partial charge in [0.2, 0.25) is 5.91 Å². The van der Waals surface area contributed by atoms with Gasteiger partial charge in [0.15, 0.2) is 0 Å². The highest BCUT2D eigenvalue weighted by Gasteiger charge is 2.18. The molecule has 0 spiro atoms. The van der Waals surface area contributed by atoms with Crippen molar-refractivity contribution in [2.45, 2.75) is 33.1 Å². The second-order valence-electron chi connectivity index (χ2n) is 6.96. The first-order valence-corrected chi connectivity index (χ1v) is 8.20. The maximum Gasteiger partial charge on any atom is 0.246 e. The van der Waals surface area contributed by atoms with Crippen LogP contribution in [-0.2, 0) is 10.2 Å². The van der Waals surface area contributed by atoms with Crippen molar-refractivity contribution in [2.24, 2.45) is 0 Å². The summed E-state index contributed by atoms with van der Waals surface area (Å²) in [6.45, 7) is 13.5. The van der Waals surface area contributed by atoms with Crippen molar-refractivity contribution in [1.82, 2.24) is 9.80 Å². The third-order valence-electron chi connectivity index (χ3n) is 4.33. The molecule has 22 heavy (non-hydrogen) atoms. The van der Waals surface area contributed by atoms with Crippen molar-refractivity contribution in [3.63, 3.8) is 0 Å². The van der Waals surface area contributed by atoms with Gasteiger partial charge in [-0.2, -0.15) is 0 Å². The fourth-order valence-corrected chi connectivity index (χ4v) is 2.65. The molecule has 1 amide bonds. The topological polar surface area (TPSA) is 23.6 Å². The number of hydrogen-bond donors (Lipinski definition) is 0. The molecule has 2 rings (SSSR count). The van der Waals surface area contributed by atoms with Gasteiger partial charge in [0.05, 0.1) is 0 Å². The maximum absolute atomic E-state index is 12.2. The molecule has 1 heterocycles. The maximum atomic E-state index is 12.2. The van der Waals surface area contributed by atoms with Crippen LogP contribution in [0.5, 0.6) is 0 Å². The molecule has 0 aliphatic carbocycles. The summed E-state index contributed by atoms with van der Waals surface area (Å²) in [4.78, 5) is 16.5. The Bertz CT molecular complexity index is 517. The van der Waals surface area contributed by atoms with Crippen molar-refractivity contribution in [1.29, 1.82) is 0 Å². The van der Waals surface area contributed by atoms with Crippen LogP contribution in [-0.4, -0.2) is 48.4 Å². The smallest absolute Gasteiger partial charge is 0.246 e. The molecule has 1 aromatic rings. The highest BCUT2D eigenvalue weighted by molar-refractivity contribution is 5.91. The molecule has 3 nitrogen and oxygen atoms in total. The number of nitrogens with zero attached hydrogens (tertiary/aromatic N) is 2. The molecule has 0 bridgehead atoms. The number of carbonyl (C=O) groups is 1. The van der Waals surface area contributed by atoms with E-state index in [2.05, 4.69) is 56.9 Å². The van der Waals surface area contributed by atoms with E-state index in [1.165, 1.54) is 5.56 Å². The molecule has 1 aliphatic rings. The molecule has 1 saturated heterocycles. The first-order valence-electron chi connectivity index (χ1n) is 8.20.